The smallest absolute Gasteiger partial charge is 0.136 e. The van der Waals surface area contributed by atoms with E-state index < -0.39 is 0 Å². The molecule has 2 aliphatic rings. The van der Waals surface area contributed by atoms with Gasteiger partial charge in [0.2, 0.25) is 0 Å². The molecule has 1 aliphatic carbocycles. The third-order valence-electron chi connectivity index (χ3n) is 3.27. The van der Waals surface area contributed by atoms with Gasteiger partial charge in [-0.3, -0.25) is 0 Å². The fourth-order valence-corrected chi connectivity index (χ4v) is 2.07. The van der Waals surface area contributed by atoms with Crippen molar-refractivity contribution in [2.24, 2.45) is 17.6 Å². The molecule has 0 amide bonds. The van der Waals surface area contributed by atoms with Gasteiger partial charge in [-0.05, 0) is 38.1 Å². The van der Waals surface area contributed by atoms with Crippen molar-refractivity contribution in [2.75, 3.05) is 6.54 Å². The Morgan fingerprint density at radius 2 is 1.78 bits per heavy atom. The molecule has 3 atom stereocenters. The summed E-state index contributed by atoms with van der Waals surface area (Å²) in [6, 6.07) is 0.167. The molecule has 3 N–H and O–H groups in total. The van der Waals surface area contributed by atoms with E-state index in [1.807, 2.05) is 47.6 Å². The lowest BCUT2D eigenvalue weighted by molar-refractivity contribution is -0.109. The molecule has 3 unspecified atom stereocenters. The zero-order chi connectivity index (χ0) is 18.7. The fraction of sp³-hybridized carbons (Fsp3) is 0.750. The van der Waals surface area contributed by atoms with E-state index in [1.165, 1.54) is 6.42 Å². The van der Waals surface area contributed by atoms with Gasteiger partial charge in [0.1, 0.15) is 6.29 Å². The number of carbonyl (C=O) groups is 1. The molecule has 3 nitrogen and oxygen atoms in total. The summed E-state index contributed by atoms with van der Waals surface area (Å²) < 4.78 is 0. The Hall–Kier alpha value is -1.09. The van der Waals surface area contributed by atoms with Crippen molar-refractivity contribution in [1.29, 1.82) is 0 Å². The van der Waals surface area contributed by atoms with Crippen LogP contribution in [0.15, 0.2) is 24.4 Å². The number of hydrogen-bond donors (Lipinski definition) is 2. The zero-order valence-electron chi connectivity index (χ0n) is 16.7. The number of rotatable bonds is 4. The summed E-state index contributed by atoms with van der Waals surface area (Å²) in [5.74, 6) is 1.29. The van der Waals surface area contributed by atoms with Crippen LogP contribution >= 0.6 is 0 Å². The maximum Gasteiger partial charge on any atom is 0.136 e. The molecule has 0 aromatic rings. The molecule has 0 aromatic heterocycles. The van der Waals surface area contributed by atoms with Crippen LogP contribution in [-0.4, -0.2) is 18.9 Å². The van der Waals surface area contributed by atoms with Crippen molar-refractivity contribution in [1.82, 2.24) is 5.32 Å². The Morgan fingerprint density at radius 3 is 2.04 bits per heavy atom. The van der Waals surface area contributed by atoms with Crippen molar-refractivity contribution < 1.29 is 4.79 Å². The first kappa shape index (κ1) is 26.8. The zero-order valence-corrected chi connectivity index (χ0v) is 16.7. The molecule has 138 valence electrons. The van der Waals surface area contributed by atoms with E-state index in [0.717, 1.165) is 37.8 Å². The van der Waals surface area contributed by atoms with Gasteiger partial charge in [0, 0.05) is 11.6 Å². The second-order valence-corrected chi connectivity index (χ2v) is 4.69. The highest BCUT2D eigenvalue weighted by molar-refractivity contribution is 5.57. The first-order valence-corrected chi connectivity index (χ1v) is 9.49. The second kappa shape index (κ2) is 20.9. The first-order chi connectivity index (χ1) is 11.2. The molecule has 3 heteroatoms. The van der Waals surface area contributed by atoms with Crippen LogP contribution in [-0.2, 0) is 4.79 Å². The fourth-order valence-electron chi connectivity index (χ4n) is 2.07. The van der Waals surface area contributed by atoms with Gasteiger partial charge in [-0.1, -0.05) is 60.6 Å². The highest BCUT2D eigenvalue weighted by Gasteiger charge is 2.35. The lowest BCUT2D eigenvalue weighted by atomic mass is 10.2. The van der Waals surface area contributed by atoms with Crippen molar-refractivity contribution in [2.45, 2.75) is 80.2 Å². The summed E-state index contributed by atoms with van der Waals surface area (Å²) in [7, 11) is 0. The summed E-state index contributed by atoms with van der Waals surface area (Å²) in [5, 5.41) is 3.04. The van der Waals surface area contributed by atoms with E-state index in [9.17, 15) is 4.79 Å². The molecule has 2 fully saturated rings. The average Bonchev–Trinajstić information content (AvgIpc) is 3.25. The standard InChI is InChI=1S/C9H15N.C5H9NO.3C2H6/c1-3-5-9(10)8-6-7(8)4-2;7-4-5-2-1-3-6-5;3*1-2/h4-5,7-8H,2-3,6,10H2,1H3;4-6H,1-3H2;3*1-2H3/b9-5+;;;;. The Kier molecular flexibility index (Phi) is 24.4. The van der Waals surface area contributed by atoms with Crippen molar-refractivity contribution in [3.05, 3.63) is 24.4 Å². The topological polar surface area (TPSA) is 55.1 Å². The molecule has 1 saturated carbocycles. The summed E-state index contributed by atoms with van der Waals surface area (Å²) in [5.41, 5.74) is 6.83. The summed E-state index contributed by atoms with van der Waals surface area (Å²) >= 11 is 0. The van der Waals surface area contributed by atoms with Gasteiger partial charge >= 0.3 is 0 Å². The van der Waals surface area contributed by atoms with Gasteiger partial charge in [0.15, 0.2) is 0 Å². The molecule has 1 aliphatic heterocycles. The number of nitrogens with two attached hydrogens (primary N) is 1. The summed E-state index contributed by atoms with van der Waals surface area (Å²) in [6.07, 6.45) is 9.53. The minimum atomic E-state index is 0.167. The summed E-state index contributed by atoms with van der Waals surface area (Å²) in [6.45, 7) is 18.9. The Labute approximate surface area is 145 Å². The number of carbonyl (C=O) groups excluding carboxylic acids is 1. The van der Waals surface area contributed by atoms with Gasteiger partial charge in [0.25, 0.3) is 0 Å². The number of nitrogens with one attached hydrogen (secondary N) is 1. The molecule has 0 spiro atoms. The Balaban J connectivity index is -0.000000270. The SMILES string of the molecule is C=CC1CC1/C(N)=C\CC.CC.CC.CC.O=CC1CCCN1. The minimum absolute atomic E-state index is 0.167. The van der Waals surface area contributed by atoms with Crippen LogP contribution in [0, 0.1) is 11.8 Å². The monoisotopic (exact) mass is 326 g/mol. The maximum atomic E-state index is 9.94. The number of aldehydes is 1. The second-order valence-electron chi connectivity index (χ2n) is 4.69. The molecule has 0 radical (unpaired) electrons. The number of allylic oxidation sites excluding steroid dienone is 3. The summed E-state index contributed by atoms with van der Waals surface area (Å²) in [4.78, 5) is 9.94. The van der Waals surface area contributed by atoms with Gasteiger partial charge < -0.3 is 15.8 Å². The maximum absolute atomic E-state index is 9.94. The third kappa shape index (κ3) is 14.2. The molecular weight excluding hydrogens is 284 g/mol. The van der Waals surface area contributed by atoms with E-state index in [0.29, 0.717) is 11.8 Å². The van der Waals surface area contributed by atoms with E-state index in [4.69, 9.17) is 5.73 Å². The van der Waals surface area contributed by atoms with Crippen LogP contribution in [0.4, 0.5) is 0 Å². The molecule has 23 heavy (non-hydrogen) atoms. The molecule has 0 aromatic carbocycles. The third-order valence-corrected chi connectivity index (χ3v) is 3.27. The lowest BCUT2D eigenvalue weighted by Gasteiger charge is -1.95. The molecular formula is C20H42N2O. The predicted octanol–water partition coefficient (Wildman–Crippen LogP) is 5.08. The molecule has 1 saturated heterocycles. The highest BCUT2D eigenvalue weighted by atomic mass is 16.1. The van der Waals surface area contributed by atoms with Crippen LogP contribution in [0.2, 0.25) is 0 Å². The first-order valence-electron chi connectivity index (χ1n) is 9.49. The van der Waals surface area contributed by atoms with E-state index >= 15 is 0 Å². The van der Waals surface area contributed by atoms with Crippen LogP contribution in [0.1, 0.15) is 74.1 Å². The average molecular weight is 327 g/mol. The minimum Gasteiger partial charge on any atom is -0.402 e. The lowest BCUT2D eigenvalue weighted by Crippen LogP contribution is -2.21. The van der Waals surface area contributed by atoms with Crippen LogP contribution in [0.5, 0.6) is 0 Å². The van der Waals surface area contributed by atoms with Gasteiger partial charge in [-0.25, -0.2) is 0 Å². The van der Waals surface area contributed by atoms with Crippen LogP contribution in [0.3, 0.4) is 0 Å². The molecule has 2 rings (SSSR count). The largest absolute Gasteiger partial charge is 0.402 e. The quantitative estimate of drug-likeness (QED) is 0.559. The Morgan fingerprint density at radius 1 is 1.22 bits per heavy atom. The van der Waals surface area contributed by atoms with E-state index in [-0.39, 0.29) is 6.04 Å². The van der Waals surface area contributed by atoms with Gasteiger partial charge in [-0.2, -0.15) is 0 Å². The van der Waals surface area contributed by atoms with Crippen molar-refractivity contribution >= 4 is 6.29 Å². The van der Waals surface area contributed by atoms with Gasteiger partial charge in [0.05, 0.1) is 6.04 Å². The normalized spacial score (nSPS) is 24.0. The van der Waals surface area contributed by atoms with Gasteiger partial charge in [-0.15, -0.1) is 6.58 Å². The van der Waals surface area contributed by atoms with E-state index in [1.54, 1.807) is 0 Å². The Bertz CT molecular complexity index is 281. The highest BCUT2D eigenvalue weighted by Crippen LogP contribution is 2.42. The van der Waals surface area contributed by atoms with Crippen LogP contribution in [0.25, 0.3) is 0 Å². The van der Waals surface area contributed by atoms with Crippen molar-refractivity contribution in [3.63, 3.8) is 0 Å². The van der Waals surface area contributed by atoms with Crippen LogP contribution < -0.4 is 11.1 Å². The van der Waals surface area contributed by atoms with Crippen molar-refractivity contribution in [3.8, 4) is 0 Å². The number of hydrogen-bond acceptors (Lipinski definition) is 3. The molecule has 1 heterocycles. The molecule has 0 bridgehead atoms. The predicted molar refractivity (Wildman–Crippen MR) is 105 cm³/mol. The van der Waals surface area contributed by atoms with E-state index in [2.05, 4.69) is 24.9 Å².